The summed E-state index contributed by atoms with van der Waals surface area (Å²) in [6, 6.07) is 0. The predicted octanol–water partition coefficient (Wildman–Crippen LogP) is -0.0993. The van der Waals surface area contributed by atoms with Gasteiger partial charge in [0.1, 0.15) is 0 Å². The average Bonchev–Trinajstić information content (AvgIpc) is 2.50. The van der Waals surface area contributed by atoms with Crippen molar-refractivity contribution in [3.8, 4) is 0 Å². The highest BCUT2D eigenvalue weighted by Crippen LogP contribution is 2.07. The lowest BCUT2D eigenvalue weighted by Crippen LogP contribution is -2.17. The van der Waals surface area contributed by atoms with E-state index in [0.717, 1.165) is 0 Å². The third kappa shape index (κ3) is 4.30. The third-order valence-corrected chi connectivity index (χ3v) is 3.22. The van der Waals surface area contributed by atoms with Gasteiger partial charge in [0.25, 0.3) is 0 Å². The number of nitrogens with zero attached hydrogens (tertiary/aromatic N) is 2. The van der Waals surface area contributed by atoms with Crippen LogP contribution in [0.25, 0.3) is 0 Å². The molecule has 7 heteroatoms. The zero-order chi connectivity index (χ0) is 11.3. The van der Waals surface area contributed by atoms with Crippen LogP contribution in [-0.2, 0) is 17.1 Å². The first-order chi connectivity index (χ1) is 7.03. The average molecular weight is 232 g/mol. The second-order valence-corrected chi connectivity index (χ2v) is 5.16. The van der Waals surface area contributed by atoms with E-state index in [1.54, 1.807) is 13.2 Å². The van der Waals surface area contributed by atoms with Crippen molar-refractivity contribution in [1.82, 2.24) is 9.78 Å². The summed E-state index contributed by atoms with van der Waals surface area (Å²) in [5.74, 6) is 0.0963. The molecule has 6 nitrogen and oxygen atoms in total. The first-order valence-corrected chi connectivity index (χ1v) is 6.38. The van der Waals surface area contributed by atoms with E-state index in [-0.39, 0.29) is 5.75 Å². The van der Waals surface area contributed by atoms with E-state index in [4.69, 9.17) is 5.73 Å². The fraction of sp³-hybridized carbons (Fsp3) is 0.625. The van der Waals surface area contributed by atoms with Crippen LogP contribution in [-0.4, -0.2) is 30.5 Å². The van der Waals surface area contributed by atoms with Gasteiger partial charge in [0.05, 0.1) is 17.6 Å². The van der Waals surface area contributed by atoms with Gasteiger partial charge in [-0.15, -0.1) is 0 Å². The molecule has 0 unspecified atom stereocenters. The molecule has 1 rings (SSSR count). The fourth-order valence-corrected chi connectivity index (χ4v) is 2.29. The summed E-state index contributed by atoms with van der Waals surface area (Å²) in [6.07, 6.45) is 4.38. The SMILES string of the molecule is Cn1cc(NS(=O)(=O)CCCCN)cn1. The highest BCUT2D eigenvalue weighted by molar-refractivity contribution is 7.92. The standard InChI is InChI=1S/C8H16N4O2S/c1-12-7-8(6-10-12)11-15(13,14)5-3-2-4-9/h6-7,11H,2-5,9H2,1H3. The second kappa shape index (κ2) is 5.13. The first-order valence-electron chi connectivity index (χ1n) is 4.73. The zero-order valence-electron chi connectivity index (χ0n) is 8.68. The third-order valence-electron chi connectivity index (χ3n) is 1.85. The minimum atomic E-state index is -3.25. The number of nitrogens with one attached hydrogen (secondary N) is 1. The molecule has 0 aliphatic heterocycles. The van der Waals surface area contributed by atoms with Crippen molar-refractivity contribution in [2.24, 2.45) is 12.8 Å². The largest absolute Gasteiger partial charge is 0.330 e. The fourth-order valence-electron chi connectivity index (χ4n) is 1.14. The molecule has 0 amide bonds. The van der Waals surface area contributed by atoms with Crippen molar-refractivity contribution >= 4 is 15.7 Å². The van der Waals surface area contributed by atoms with Gasteiger partial charge in [0.15, 0.2) is 0 Å². The summed E-state index contributed by atoms with van der Waals surface area (Å²) < 4.78 is 27.0. The van der Waals surface area contributed by atoms with Crippen LogP contribution in [0.3, 0.4) is 0 Å². The van der Waals surface area contributed by atoms with Crippen LogP contribution in [0, 0.1) is 0 Å². The number of aryl methyl sites for hydroxylation is 1. The van der Waals surface area contributed by atoms with Gasteiger partial charge in [-0.3, -0.25) is 9.40 Å². The predicted molar refractivity (Wildman–Crippen MR) is 58.9 cm³/mol. The van der Waals surface area contributed by atoms with Gasteiger partial charge in [0, 0.05) is 13.2 Å². The van der Waals surface area contributed by atoms with E-state index in [1.165, 1.54) is 10.9 Å². The van der Waals surface area contributed by atoms with Gasteiger partial charge >= 0.3 is 0 Å². The number of nitrogens with two attached hydrogens (primary N) is 1. The number of unbranched alkanes of at least 4 members (excludes halogenated alkanes) is 1. The van der Waals surface area contributed by atoms with Crippen LogP contribution < -0.4 is 10.5 Å². The Bertz CT molecular complexity index is 399. The number of hydrogen-bond acceptors (Lipinski definition) is 4. The topological polar surface area (TPSA) is 90.0 Å². The summed E-state index contributed by atoms with van der Waals surface area (Å²) in [4.78, 5) is 0. The molecule has 3 N–H and O–H groups in total. The Morgan fingerprint density at radius 1 is 1.53 bits per heavy atom. The molecule has 0 aliphatic carbocycles. The van der Waals surface area contributed by atoms with Crippen LogP contribution in [0.1, 0.15) is 12.8 Å². The zero-order valence-corrected chi connectivity index (χ0v) is 9.50. The van der Waals surface area contributed by atoms with Gasteiger partial charge in [-0.1, -0.05) is 0 Å². The molecule has 0 fully saturated rings. The highest BCUT2D eigenvalue weighted by Gasteiger charge is 2.10. The summed E-state index contributed by atoms with van der Waals surface area (Å²) in [5, 5.41) is 3.87. The van der Waals surface area contributed by atoms with Crippen molar-refractivity contribution in [2.45, 2.75) is 12.8 Å². The summed E-state index contributed by atoms with van der Waals surface area (Å²) in [6.45, 7) is 0.516. The molecule has 0 bridgehead atoms. The van der Waals surface area contributed by atoms with Crippen molar-refractivity contribution < 1.29 is 8.42 Å². The number of aromatic nitrogens is 2. The Morgan fingerprint density at radius 2 is 2.27 bits per heavy atom. The normalized spacial score (nSPS) is 11.6. The Labute approximate surface area is 89.5 Å². The van der Waals surface area contributed by atoms with Gasteiger partial charge in [-0.25, -0.2) is 8.42 Å². The van der Waals surface area contributed by atoms with Crippen LogP contribution in [0.4, 0.5) is 5.69 Å². The molecule has 0 atom stereocenters. The van der Waals surface area contributed by atoms with E-state index in [1.807, 2.05) is 0 Å². The highest BCUT2D eigenvalue weighted by atomic mass is 32.2. The molecule has 15 heavy (non-hydrogen) atoms. The molecular weight excluding hydrogens is 216 g/mol. The van der Waals surface area contributed by atoms with E-state index >= 15 is 0 Å². The molecule has 0 radical (unpaired) electrons. The molecule has 0 spiro atoms. The number of hydrogen-bond donors (Lipinski definition) is 2. The monoisotopic (exact) mass is 232 g/mol. The van der Waals surface area contributed by atoms with Crippen molar-refractivity contribution in [3.05, 3.63) is 12.4 Å². The summed E-state index contributed by atoms with van der Waals surface area (Å²) in [7, 11) is -1.52. The maximum absolute atomic E-state index is 11.5. The lowest BCUT2D eigenvalue weighted by atomic mass is 10.3. The van der Waals surface area contributed by atoms with Crippen LogP contribution in [0.2, 0.25) is 0 Å². The van der Waals surface area contributed by atoms with E-state index < -0.39 is 10.0 Å². The Hall–Kier alpha value is -1.08. The molecule has 0 aromatic carbocycles. The molecule has 0 saturated carbocycles. The van der Waals surface area contributed by atoms with Crippen molar-refractivity contribution in [3.63, 3.8) is 0 Å². The van der Waals surface area contributed by atoms with Crippen molar-refractivity contribution in [2.75, 3.05) is 17.0 Å². The Kier molecular flexibility index (Phi) is 4.10. The molecule has 1 heterocycles. The summed E-state index contributed by atoms with van der Waals surface area (Å²) >= 11 is 0. The lowest BCUT2D eigenvalue weighted by molar-refractivity contribution is 0.597. The van der Waals surface area contributed by atoms with Gasteiger partial charge in [-0.05, 0) is 19.4 Å². The van der Waals surface area contributed by atoms with Gasteiger partial charge < -0.3 is 5.73 Å². The molecule has 0 saturated heterocycles. The molecule has 1 aromatic rings. The maximum Gasteiger partial charge on any atom is 0.232 e. The number of anilines is 1. The second-order valence-electron chi connectivity index (χ2n) is 3.32. The van der Waals surface area contributed by atoms with Crippen LogP contribution >= 0.6 is 0 Å². The Balaban J connectivity index is 2.49. The quantitative estimate of drug-likeness (QED) is 0.670. The van der Waals surface area contributed by atoms with Crippen LogP contribution in [0.15, 0.2) is 12.4 Å². The van der Waals surface area contributed by atoms with E-state index in [9.17, 15) is 8.42 Å². The van der Waals surface area contributed by atoms with Crippen LogP contribution in [0.5, 0.6) is 0 Å². The van der Waals surface area contributed by atoms with Crippen molar-refractivity contribution in [1.29, 1.82) is 0 Å². The minimum Gasteiger partial charge on any atom is -0.330 e. The summed E-state index contributed by atoms with van der Waals surface area (Å²) in [5.41, 5.74) is 5.78. The number of sulfonamides is 1. The number of rotatable bonds is 6. The first kappa shape index (κ1) is 12.0. The molecule has 1 aromatic heterocycles. The molecule has 86 valence electrons. The van der Waals surface area contributed by atoms with Gasteiger partial charge in [-0.2, -0.15) is 5.10 Å². The maximum atomic E-state index is 11.5. The molecule has 0 aliphatic rings. The lowest BCUT2D eigenvalue weighted by Gasteiger charge is -2.04. The van der Waals surface area contributed by atoms with E-state index in [2.05, 4.69) is 9.82 Å². The smallest absolute Gasteiger partial charge is 0.232 e. The molecular formula is C8H16N4O2S. The minimum absolute atomic E-state index is 0.0963. The Morgan fingerprint density at radius 3 is 2.80 bits per heavy atom. The van der Waals surface area contributed by atoms with Gasteiger partial charge in [0.2, 0.25) is 10.0 Å². The van der Waals surface area contributed by atoms with E-state index in [0.29, 0.717) is 25.1 Å².